The van der Waals surface area contributed by atoms with Gasteiger partial charge in [0.15, 0.2) is 0 Å². The van der Waals surface area contributed by atoms with Crippen LogP contribution in [0.5, 0.6) is 0 Å². The molecule has 1 saturated carbocycles. The maximum absolute atomic E-state index is 12.0. The fourth-order valence-electron chi connectivity index (χ4n) is 4.08. The first kappa shape index (κ1) is 14.3. The fraction of sp³-hybridized carbons (Fsp3) is 0.933. The van der Waals surface area contributed by atoms with Crippen LogP contribution in [0.2, 0.25) is 0 Å². The van der Waals surface area contributed by atoms with Crippen LogP contribution in [0.15, 0.2) is 0 Å². The minimum absolute atomic E-state index is 0.121. The molecule has 0 spiro atoms. The van der Waals surface area contributed by atoms with Gasteiger partial charge < -0.3 is 14.7 Å². The van der Waals surface area contributed by atoms with E-state index in [4.69, 9.17) is 4.74 Å². The Bertz CT molecular complexity index is 349. The van der Waals surface area contributed by atoms with Gasteiger partial charge in [0, 0.05) is 31.7 Å². The number of hydrogen-bond acceptors (Lipinski definition) is 4. The van der Waals surface area contributed by atoms with Gasteiger partial charge in [0.2, 0.25) is 5.91 Å². The van der Waals surface area contributed by atoms with E-state index in [1.807, 2.05) is 4.90 Å². The average Bonchev–Trinajstić information content (AvgIpc) is 2.79. The summed E-state index contributed by atoms with van der Waals surface area (Å²) in [5.41, 5.74) is 0.127. The Morgan fingerprint density at radius 3 is 2.50 bits per heavy atom. The number of amides is 1. The van der Waals surface area contributed by atoms with Gasteiger partial charge in [-0.1, -0.05) is 19.3 Å². The van der Waals surface area contributed by atoms with Crippen molar-refractivity contribution >= 4 is 5.91 Å². The van der Waals surface area contributed by atoms with Crippen LogP contribution in [-0.4, -0.2) is 71.8 Å². The van der Waals surface area contributed by atoms with Crippen molar-refractivity contribution in [2.24, 2.45) is 0 Å². The van der Waals surface area contributed by atoms with E-state index < -0.39 is 6.10 Å². The van der Waals surface area contributed by atoms with Crippen molar-refractivity contribution in [3.8, 4) is 0 Å². The number of aliphatic hydroxyl groups is 1. The standard InChI is InChI=1S/C15H26N2O3/c18-13-10-14(19)16(11-13)12-15(4-2-1-3-5-15)17-6-8-20-9-7-17/h13,18H,1-12H2. The van der Waals surface area contributed by atoms with Crippen molar-refractivity contribution in [3.63, 3.8) is 0 Å². The van der Waals surface area contributed by atoms with Gasteiger partial charge in [-0.15, -0.1) is 0 Å². The second kappa shape index (κ2) is 6.00. The molecule has 114 valence electrons. The molecule has 1 atom stereocenters. The number of β-amino-alcohol motifs (C(OH)–C–C–N with tert-alkyl or cyclic N) is 1. The average molecular weight is 282 g/mol. The molecule has 2 saturated heterocycles. The number of rotatable bonds is 3. The molecule has 5 nitrogen and oxygen atoms in total. The molecule has 1 unspecified atom stereocenters. The zero-order valence-electron chi connectivity index (χ0n) is 12.2. The highest BCUT2D eigenvalue weighted by molar-refractivity contribution is 5.79. The molecule has 0 bridgehead atoms. The first-order chi connectivity index (χ1) is 9.70. The first-order valence-electron chi connectivity index (χ1n) is 7.98. The van der Waals surface area contributed by atoms with E-state index in [2.05, 4.69) is 4.90 Å². The van der Waals surface area contributed by atoms with E-state index in [0.717, 1.165) is 32.8 Å². The number of likely N-dealkylation sites (tertiary alicyclic amines) is 1. The summed E-state index contributed by atoms with van der Waals surface area (Å²) < 4.78 is 5.48. The monoisotopic (exact) mass is 282 g/mol. The lowest BCUT2D eigenvalue weighted by Crippen LogP contribution is -2.60. The van der Waals surface area contributed by atoms with Gasteiger partial charge in [-0.25, -0.2) is 0 Å². The number of morpholine rings is 1. The Kier molecular flexibility index (Phi) is 4.29. The van der Waals surface area contributed by atoms with Crippen molar-refractivity contribution in [1.82, 2.24) is 9.80 Å². The quantitative estimate of drug-likeness (QED) is 0.824. The van der Waals surface area contributed by atoms with Gasteiger partial charge in [0.05, 0.1) is 25.7 Å². The molecule has 0 aromatic heterocycles. The van der Waals surface area contributed by atoms with Gasteiger partial charge in [-0.05, 0) is 12.8 Å². The second-order valence-corrected chi connectivity index (χ2v) is 6.52. The highest BCUT2D eigenvalue weighted by Crippen LogP contribution is 2.36. The van der Waals surface area contributed by atoms with E-state index in [1.165, 1.54) is 32.1 Å². The summed E-state index contributed by atoms with van der Waals surface area (Å²) in [5.74, 6) is 0.121. The van der Waals surface area contributed by atoms with Gasteiger partial charge in [-0.2, -0.15) is 0 Å². The van der Waals surface area contributed by atoms with Gasteiger partial charge in [0.1, 0.15) is 0 Å². The lowest BCUT2D eigenvalue weighted by atomic mass is 9.79. The van der Waals surface area contributed by atoms with Crippen LogP contribution >= 0.6 is 0 Å². The molecule has 0 aromatic rings. The molecule has 20 heavy (non-hydrogen) atoms. The maximum atomic E-state index is 12.0. The predicted octanol–water partition coefficient (Wildman–Crippen LogP) is 0.615. The van der Waals surface area contributed by atoms with Crippen LogP contribution < -0.4 is 0 Å². The molecule has 5 heteroatoms. The number of carbonyl (C=O) groups is 1. The molecule has 1 amide bonds. The van der Waals surface area contributed by atoms with Gasteiger partial charge in [0.25, 0.3) is 0 Å². The second-order valence-electron chi connectivity index (χ2n) is 6.52. The topological polar surface area (TPSA) is 53.0 Å². The van der Waals surface area contributed by atoms with Crippen LogP contribution in [0, 0.1) is 0 Å². The van der Waals surface area contributed by atoms with Crippen LogP contribution in [-0.2, 0) is 9.53 Å². The van der Waals surface area contributed by atoms with Crippen molar-refractivity contribution in [3.05, 3.63) is 0 Å². The molecule has 1 aliphatic carbocycles. The van der Waals surface area contributed by atoms with E-state index in [1.54, 1.807) is 0 Å². The molecule has 3 rings (SSSR count). The summed E-state index contributed by atoms with van der Waals surface area (Å²) in [6.45, 7) is 4.87. The summed E-state index contributed by atoms with van der Waals surface area (Å²) in [5, 5.41) is 9.70. The number of nitrogens with zero attached hydrogens (tertiary/aromatic N) is 2. The Labute approximate surface area is 120 Å². The third-order valence-corrected chi connectivity index (χ3v) is 5.15. The highest BCUT2D eigenvalue weighted by atomic mass is 16.5. The van der Waals surface area contributed by atoms with E-state index >= 15 is 0 Å². The fourth-order valence-corrected chi connectivity index (χ4v) is 4.08. The molecule has 0 radical (unpaired) electrons. The first-order valence-corrected chi connectivity index (χ1v) is 7.98. The van der Waals surface area contributed by atoms with E-state index in [-0.39, 0.29) is 11.4 Å². The summed E-state index contributed by atoms with van der Waals surface area (Å²) >= 11 is 0. The predicted molar refractivity (Wildman–Crippen MR) is 75.4 cm³/mol. The molecule has 3 aliphatic rings. The number of carbonyl (C=O) groups excluding carboxylic acids is 1. The molecule has 2 heterocycles. The minimum Gasteiger partial charge on any atom is -0.391 e. The van der Waals surface area contributed by atoms with Crippen molar-refractivity contribution in [2.45, 2.75) is 50.2 Å². The number of aliphatic hydroxyl groups excluding tert-OH is 1. The normalized spacial score (nSPS) is 31.8. The Morgan fingerprint density at radius 1 is 1.20 bits per heavy atom. The third kappa shape index (κ3) is 2.85. The smallest absolute Gasteiger partial charge is 0.225 e. The molecular formula is C15H26N2O3. The summed E-state index contributed by atoms with van der Waals surface area (Å²) in [6, 6.07) is 0. The highest BCUT2D eigenvalue weighted by Gasteiger charge is 2.42. The van der Waals surface area contributed by atoms with Gasteiger partial charge in [-0.3, -0.25) is 9.69 Å². The number of hydrogen-bond donors (Lipinski definition) is 1. The largest absolute Gasteiger partial charge is 0.391 e. The minimum atomic E-state index is -0.465. The van der Waals surface area contributed by atoms with E-state index in [9.17, 15) is 9.90 Å². The molecule has 3 fully saturated rings. The molecule has 0 aromatic carbocycles. The molecule has 2 aliphatic heterocycles. The van der Waals surface area contributed by atoms with Crippen LogP contribution in [0.3, 0.4) is 0 Å². The Hall–Kier alpha value is -0.650. The molecule has 1 N–H and O–H groups in total. The Balaban J connectivity index is 1.73. The van der Waals surface area contributed by atoms with Crippen molar-refractivity contribution in [1.29, 1.82) is 0 Å². The van der Waals surface area contributed by atoms with Crippen LogP contribution in [0.4, 0.5) is 0 Å². The third-order valence-electron chi connectivity index (χ3n) is 5.15. The van der Waals surface area contributed by atoms with Gasteiger partial charge >= 0.3 is 0 Å². The van der Waals surface area contributed by atoms with E-state index in [0.29, 0.717) is 13.0 Å². The maximum Gasteiger partial charge on any atom is 0.225 e. The number of ether oxygens (including phenoxy) is 1. The SMILES string of the molecule is O=C1CC(O)CN1CC1(N2CCOCC2)CCCCC1. The lowest BCUT2D eigenvalue weighted by molar-refractivity contribution is -0.131. The molecular weight excluding hydrogens is 256 g/mol. The van der Waals surface area contributed by atoms with Crippen molar-refractivity contribution < 1.29 is 14.6 Å². The van der Waals surface area contributed by atoms with Crippen molar-refractivity contribution in [2.75, 3.05) is 39.4 Å². The summed E-state index contributed by atoms with van der Waals surface area (Å²) in [6.07, 6.45) is 6.00. The zero-order chi connectivity index (χ0) is 14.0. The zero-order valence-corrected chi connectivity index (χ0v) is 12.2. The summed E-state index contributed by atoms with van der Waals surface area (Å²) in [4.78, 5) is 16.4. The Morgan fingerprint density at radius 2 is 1.90 bits per heavy atom. The van der Waals surface area contributed by atoms with Crippen LogP contribution in [0.1, 0.15) is 38.5 Å². The van der Waals surface area contributed by atoms with Crippen LogP contribution in [0.25, 0.3) is 0 Å². The lowest BCUT2D eigenvalue weighted by Gasteiger charge is -2.49. The summed E-state index contributed by atoms with van der Waals surface area (Å²) in [7, 11) is 0.